The smallest absolute Gasteiger partial charge is 0.306 e. The van der Waals surface area contributed by atoms with Crippen molar-refractivity contribution in [1.29, 1.82) is 0 Å². The van der Waals surface area contributed by atoms with Gasteiger partial charge in [-0.15, -0.1) is 0 Å². The fourth-order valence-electron chi connectivity index (χ4n) is 2.92. The van der Waals surface area contributed by atoms with E-state index < -0.39 is 74.1 Å². The molecule has 0 aliphatic rings. The highest BCUT2D eigenvalue weighted by Crippen LogP contribution is 2.32. The van der Waals surface area contributed by atoms with Gasteiger partial charge in [0, 0.05) is 12.1 Å². The molecule has 0 fully saturated rings. The molecular weight excluding hydrogens is 530 g/mol. The first-order valence-corrected chi connectivity index (χ1v) is 12.3. The normalized spacial score (nSPS) is 11.5. The van der Waals surface area contributed by atoms with Gasteiger partial charge in [-0.25, -0.2) is 16.8 Å². The second-order valence-corrected chi connectivity index (χ2v) is 10.1. The number of nitro benzene ring substituents is 2. The van der Waals surface area contributed by atoms with Crippen LogP contribution < -0.4 is 14.2 Å². The van der Waals surface area contributed by atoms with Gasteiger partial charge >= 0.3 is 11.4 Å². The van der Waals surface area contributed by atoms with Crippen molar-refractivity contribution in [3.8, 4) is 5.75 Å². The Morgan fingerprint density at radius 1 is 0.778 bits per heavy atom. The van der Waals surface area contributed by atoms with E-state index in [1.165, 1.54) is 0 Å². The maximum Gasteiger partial charge on any atom is 0.306 e. The average Bonchev–Trinajstić information content (AvgIpc) is 2.80. The number of sulfonamides is 2. The Morgan fingerprint density at radius 3 is 1.69 bits per heavy atom. The minimum absolute atomic E-state index is 0.381. The number of methoxy groups -OCH3 is 1. The van der Waals surface area contributed by atoms with Crippen LogP contribution in [0.4, 0.5) is 31.5 Å². The lowest BCUT2D eigenvalue weighted by molar-refractivity contribution is -0.387. The van der Waals surface area contributed by atoms with Gasteiger partial charge in [0.25, 0.3) is 20.0 Å². The van der Waals surface area contributed by atoms with Crippen LogP contribution in [-0.4, -0.2) is 33.8 Å². The Labute approximate surface area is 201 Å². The Hall–Kier alpha value is -4.38. The van der Waals surface area contributed by atoms with E-state index in [-0.39, 0.29) is 5.75 Å². The number of hydrogen-bond acceptors (Lipinski definition) is 9. The first kappa shape index (κ1) is 26.2. The van der Waals surface area contributed by atoms with E-state index in [9.17, 15) is 45.8 Å². The fourth-order valence-corrected chi connectivity index (χ4v) is 5.33. The molecule has 0 aliphatic carbocycles. The highest BCUT2D eigenvalue weighted by Gasteiger charge is 2.28. The highest BCUT2D eigenvalue weighted by molar-refractivity contribution is 7.93. The second-order valence-electron chi connectivity index (χ2n) is 6.82. The maximum absolute atomic E-state index is 14.4. The van der Waals surface area contributed by atoms with Crippen LogP contribution in [0.3, 0.4) is 0 Å². The molecule has 3 aromatic rings. The number of anilines is 2. The van der Waals surface area contributed by atoms with Gasteiger partial charge in [0.2, 0.25) is 11.6 Å². The van der Waals surface area contributed by atoms with E-state index in [1.807, 2.05) is 0 Å². The minimum Gasteiger partial charge on any atom is -0.495 e. The van der Waals surface area contributed by atoms with E-state index in [2.05, 4.69) is 0 Å². The van der Waals surface area contributed by atoms with Crippen molar-refractivity contribution in [3.63, 3.8) is 0 Å². The molecule has 0 aliphatic heterocycles. The Morgan fingerprint density at radius 2 is 1.25 bits per heavy atom. The van der Waals surface area contributed by atoms with Crippen LogP contribution in [0, 0.1) is 31.9 Å². The zero-order valence-corrected chi connectivity index (χ0v) is 19.5. The zero-order chi connectivity index (χ0) is 26.8. The van der Waals surface area contributed by atoms with Crippen molar-refractivity contribution in [2.24, 2.45) is 0 Å². The third-order valence-electron chi connectivity index (χ3n) is 4.57. The number of benzene rings is 3. The largest absolute Gasteiger partial charge is 0.495 e. The van der Waals surface area contributed by atoms with Gasteiger partial charge in [-0.2, -0.15) is 8.78 Å². The summed E-state index contributed by atoms with van der Waals surface area (Å²) in [6, 6.07) is 7.93. The number of ether oxygens (including phenoxy) is 1. The van der Waals surface area contributed by atoms with Gasteiger partial charge < -0.3 is 4.74 Å². The number of hydrogen-bond donors (Lipinski definition) is 2. The molecule has 17 heteroatoms. The van der Waals surface area contributed by atoms with Crippen LogP contribution in [-0.2, 0) is 20.0 Å². The van der Waals surface area contributed by atoms with Gasteiger partial charge in [-0.1, -0.05) is 12.1 Å². The van der Waals surface area contributed by atoms with E-state index >= 15 is 0 Å². The summed E-state index contributed by atoms with van der Waals surface area (Å²) in [5.74, 6) is -3.35. The first-order chi connectivity index (χ1) is 16.8. The molecule has 13 nitrogen and oxygen atoms in total. The minimum atomic E-state index is -4.80. The molecule has 36 heavy (non-hydrogen) atoms. The van der Waals surface area contributed by atoms with Gasteiger partial charge in [0.1, 0.15) is 10.6 Å². The number of nitrogens with zero attached hydrogens (tertiary/aromatic N) is 2. The summed E-state index contributed by atoms with van der Waals surface area (Å²) in [5, 5.41) is 21.8. The van der Waals surface area contributed by atoms with E-state index in [0.29, 0.717) is 6.07 Å². The van der Waals surface area contributed by atoms with Crippen LogP contribution in [0.2, 0.25) is 0 Å². The Bertz CT molecular complexity index is 1600. The average molecular weight is 544 g/mol. The summed E-state index contributed by atoms with van der Waals surface area (Å²) in [5.41, 5.74) is -3.59. The van der Waals surface area contributed by atoms with Crippen molar-refractivity contribution < 1.29 is 40.2 Å². The molecule has 0 spiro atoms. The summed E-state index contributed by atoms with van der Waals surface area (Å²) in [6.07, 6.45) is 0. The molecule has 3 aromatic carbocycles. The predicted molar refractivity (Wildman–Crippen MR) is 121 cm³/mol. The summed E-state index contributed by atoms with van der Waals surface area (Å²) in [4.78, 5) is 18.2. The number of nitrogens with one attached hydrogen (secondary N) is 2. The molecule has 0 radical (unpaired) electrons. The van der Waals surface area contributed by atoms with E-state index in [4.69, 9.17) is 4.74 Å². The van der Waals surface area contributed by atoms with Crippen molar-refractivity contribution in [2.75, 3.05) is 16.6 Å². The third-order valence-corrected chi connectivity index (χ3v) is 7.32. The van der Waals surface area contributed by atoms with Crippen LogP contribution in [0.1, 0.15) is 0 Å². The molecular formula is C19H14F2N4O9S2. The molecule has 0 atom stereocenters. The van der Waals surface area contributed by atoms with Crippen molar-refractivity contribution >= 4 is 42.8 Å². The molecule has 190 valence electrons. The molecule has 0 saturated carbocycles. The van der Waals surface area contributed by atoms with Crippen molar-refractivity contribution in [3.05, 3.63) is 86.5 Å². The number of rotatable bonds is 9. The Kier molecular flexibility index (Phi) is 7.07. The maximum atomic E-state index is 14.4. The van der Waals surface area contributed by atoms with Gasteiger partial charge in [0.15, 0.2) is 0 Å². The summed E-state index contributed by atoms with van der Waals surface area (Å²) >= 11 is 0. The Balaban J connectivity index is 2.05. The highest BCUT2D eigenvalue weighted by atomic mass is 32.2. The molecule has 0 amide bonds. The molecule has 0 heterocycles. The predicted octanol–water partition coefficient (Wildman–Crippen LogP) is 3.39. The van der Waals surface area contributed by atoms with Crippen molar-refractivity contribution in [2.45, 2.75) is 9.79 Å². The third kappa shape index (κ3) is 5.15. The molecule has 0 unspecified atom stereocenters. The quantitative estimate of drug-likeness (QED) is 0.300. The van der Waals surface area contributed by atoms with E-state index in [0.717, 1.165) is 55.6 Å². The van der Waals surface area contributed by atoms with Crippen molar-refractivity contribution in [1.82, 2.24) is 0 Å². The van der Waals surface area contributed by atoms with Crippen LogP contribution >= 0.6 is 0 Å². The summed E-state index contributed by atoms with van der Waals surface area (Å²) < 4.78 is 88.8. The fraction of sp³-hybridized carbons (Fsp3) is 0.0526. The van der Waals surface area contributed by atoms with Crippen LogP contribution in [0.5, 0.6) is 5.75 Å². The van der Waals surface area contributed by atoms with Gasteiger partial charge in [-0.05, 0) is 30.3 Å². The van der Waals surface area contributed by atoms with Crippen LogP contribution in [0.15, 0.2) is 64.4 Å². The monoisotopic (exact) mass is 544 g/mol. The second kappa shape index (κ2) is 9.70. The number of nitro groups is 2. The lowest BCUT2D eigenvalue weighted by atomic mass is 10.3. The number of halogens is 2. The summed E-state index contributed by atoms with van der Waals surface area (Å²) in [7, 11) is -8.44. The van der Waals surface area contributed by atoms with Gasteiger partial charge in [0.05, 0.1) is 33.2 Å². The lowest BCUT2D eigenvalue weighted by Gasteiger charge is -2.14. The molecule has 0 saturated heterocycles. The molecule has 3 rings (SSSR count). The van der Waals surface area contributed by atoms with Crippen LogP contribution in [0.25, 0.3) is 0 Å². The standard InChI is InChI=1S/C19H14F2N4O9S2/c1-34-16-9-8-11(35(30,31)22-12-4-2-6-14(18(12)20)24(26)27)10-17(16)36(32,33)23-13-5-3-7-15(19(13)21)25(28)29/h2-10,22-23H,1H3. The lowest BCUT2D eigenvalue weighted by Crippen LogP contribution is -2.18. The molecule has 0 bridgehead atoms. The van der Waals surface area contributed by atoms with E-state index in [1.54, 1.807) is 9.44 Å². The first-order valence-electron chi connectivity index (χ1n) is 9.38. The molecule has 2 N–H and O–H groups in total. The summed E-state index contributed by atoms with van der Waals surface area (Å²) in [6.45, 7) is 0. The van der Waals surface area contributed by atoms with Gasteiger partial charge in [-0.3, -0.25) is 29.7 Å². The molecule has 0 aromatic heterocycles. The zero-order valence-electron chi connectivity index (χ0n) is 17.8. The SMILES string of the molecule is COc1ccc(S(=O)(=O)Nc2cccc([N+](=O)[O-])c2F)cc1S(=O)(=O)Nc1cccc([N+](=O)[O-])c1F. The topological polar surface area (TPSA) is 188 Å².